The molecule has 0 aliphatic rings. The van der Waals surface area contributed by atoms with Crippen LogP contribution in [0.4, 0.5) is 5.69 Å². The largest absolute Gasteiger partial charge is 0.508 e. The van der Waals surface area contributed by atoms with Crippen molar-refractivity contribution in [3.05, 3.63) is 46.2 Å². The zero-order chi connectivity index (χ0) is 11.5. The van der Waals surface area contributed by atoms with Gasteiger partial charge in [0.2, 0.25) is 0 Å². The topological polar surface area (TPSA) is 49.3 Å². The van der Waals surface area contributed by atoms with Gasteiger partial charge in [-0.2, -0.15) is 0 Å². The molecule has 3 nitrogen and oxygen atoms in total. The zero-order valence-electron chi connectivity index (χ0n) is 8.73. The molecule has 4 heteroatoms. The number of phenols is 1. The van der Waals surface area contributed by atoms with E-state index in [1.807, 2.05) is 13.0 Å². The fourth-order valence-corrected chi connectivity index (χ4v) is 2.10. The lowest BCUT2D eigenvalue weighted by Crippen LogP contribution is -2.09. The van der Waals surface area contributed by atoms with Gasteiger partial charge in [0.1, 0.15) is 5.75 Å². The summed E-state index contributed by atoms with van der Waals surface area (Å²) in [5, 5.41) is 12.0. The molecule has 0 spiro atoms. The molecule has 0 fully saturated rings. The highest BCUT2D eigenvalue weighted by Crippen LogP contribution is 2.19. The number of phenolic OH excluding ortho intramolecular Hbond substituents is 1. The second-order valence-electron chi connectivity index (χ2n) is 3.41. The fourth-order valence-electron chi connectivity index (χ4n) is 1.33. The summed E-state index contributed by atoms with van der Waals surface area (Å²) in [7, 11) is 0. The van der Waals surface area contributed by atoms with Gasteiger partial charge in [-0.3, -0.25) is 4.79 Å². The summed E-state index contributed by atoms with van der Waals surface area (Å²) >= 11 is 1.44. The van der Waals surface area contributed by atoms with Crippen molar-refractivity contribution in [2.24, 2.45) is 0 Å². The Bertz CT molecular complexity index is 519. The van der Waals surface area contributed by atoms with E-state index in [0.29, 0.717) is 10.6 Å². The molecule has 1 heterocycles. The lowest BCUT2D eigenvalue weighted by Gasteiger charge is -2.03. The van der Waals surface area contributed by atoms with Crippen LogP contribution in [0.2, 0.25) is 0 Å². The Hall–Kier alpha value is -1.81. The second kappa shape index (κ2) is 4.37. The normalized spacial score (nSPS) is 10.1. The van der Waals surface area contributed by atoms with E-state index >= 15 is 0 Å². The molecule has 16 heavy (non-hydrogen) atoms. The Balaban J connectivity index is 2.13. The van der Waals surface area contributed by atoms with Crippen LogP contribution >= 0.6 is 11.3 Å². The van der Waals surface area contributed by atoms with Crippen molar-refractivity contribution in [1.82, 2.24) is 0 Å². The quantitative estimate of drug-likeness (QED) is 0.837. The highest BCUT2D eigenvalue weighted by molar-refractivity contribution is 7.14. The van der Waals surface area contributed by atoms with Crippen molar-refractivity contribution in [3.8, 4) is 5.75 Å². The van der Waals surface area contributed by atoms with Gasteiger partial charge in [0.15, 0.2) is 0 Å². The third kappa shape index (κ3) is 2.41. The summed E-state index contributed by atoms with van der Waals surface area (Å²) in [4.78, 5) is 13.5. The predicted octanol–water partition coefficient (Wildman–Crippen LogP) is 3.01. The van der Waals surface area contributed by atoms with Crippen LogP contribution in [-0.4, -0.2) is 11.0 Å². The standard InChI is InChI=1S/C12H11NO2S/c1-8-5-6-11(16-8)12(15)13-9-3-2-4-10(14)7-9/h2-7,14H,1H3,(H,13,15). The van der Waals surface area contributed by atoms with Gasteiger partial charge in [-0.1, -0.05) is 6.07 Å². The van der Waals surface area contributed by atoms with Crippen LogP contribution in [0.3, 0.4) is 0 Å². The molecule has 2 N–H and O–H groups in total. The molecule has 0 saturated carbocycles. The molecule has 0 aliphatic heterocycles. The van der Waals surface area contributed by atoms with Gasteiger partial charge >= 0.3 is 0 Å². The highest BCUT2D eigenvalue weighted by Gasteiger charge is 2.08. The zero-order valence-corrected chi connectivity index (χ0v) is 9.54. The van der Waals surface area contributed by atoms with Gasteiger partial charge in [-0.15, -0.1) is 11.3 Å². The number of nitrogens with one attached hydrogen (secondary N) is 1. The Kier molecular flexibility index (Phi) is 2.92. The second-order valence-corrected chi connectivity index (χ2v) is 4.70. The van der Waals surface area contributed by atoms with E-state index in [2.05, 4.69) is 5.32 Å². The SMILES string of the molecule is Cc1ccc(C(=O)Nc2cccc(O)c2)s1. The van der Waals surface area contributed by atoms with Crippen LogP contribution in [0.1, 0.15) is 14.5 Å². The third-order valence-electron chi connectivity index (χ3n) is 2.07. The van der Waals surface area contributed by atoms with E-state index in [0.717, 1.165) is 4.88 Å². The molecule has 1 aromatic carbocycles. The Morgan fingerprint density at radius 1 is 1.31 bits per heavy atom. The van der Waals surface area contributed by atoms with Gasteiger partial charge in [0.25, 0.3) is 5.91 Å². The van der Waals surface area contributed by atoms with Gasteiger partial charge in [-0.05, 0) is 31.2 Å². The molecule has 2 rings (SSSR count). The summed E-state index contributed by atoms with van der Waals surface area (Å²) in [6, 6.07) is 10.2. The first kappa shape index (κ1) is 10.7. The van der Waals surface area contributed by atoms with E-state index in [1.165, 1.54) is 17.4 Å². The maximum Gasteiger partial charge on any atom is 0.265 e. The maximum absolute atomic E-state index is 11.8. The van der Waals surface area contributed by atoms with Gasteiger partial charge < -0.3 is 10.4 Å². The highest BCUT2D eigenvalue weighted by atomic mass is 32.1. The van der Waals surface area contributed by atoms with Crippen LogP contribution in [0.25, 0.3) is 0 Å². The lowest BCUT2D eigenvalue weighted by molar-refractivity contribution is 0.103. The molecule has 82 valence electrons. The predicted molar refractivity (Wildman–Crippen MR) is 65.1 cm³/mol. The Labute approximate surface area is 97.4 Å². The summed E-state index contributed by atoms with van der Waals surface area (Å²) in [5.74, 6) is -0.0103. The summed E-state index contributed by atoms with van der Waals surface area (Å²) in [5.41, 5.74) is 0.594. The van der Waals surface area contributed by atoms with Crippen LogP contribution in [0.5, 0.6) is 5.75 Å². The van der Waals surface area contributed by atoms with Crippen molar-refractivity contribution in [1.29, 1.82) is 0 Å². The fraction of sp³-hybridized carbons (Fsp3) is 0.0833. The van der Waals surface area contributed by atoms with Crippen molar-refractivity contribution in [2.45, 2.75) is 6.92 Å². The average molecular weight is 233 g/mol. The van der Waals surface area contributed by atoms with Crippen molar-refractivity contribution < 1.29 is 9.90 Å². The van der Waals surface area contributed by atoms with Gasteiger partial charge in [-0.25, -0.2) is 0 Å². The first-order valence-corrected chi connectivity index (χ1v) is 5.63. The van der Waals surface area contributed by atoms with Crippen LogP contribution in [0, 0.1) is 6.92 Å². The molecule has 0 unspecified atom stereocenters. The molecule has 1 aromatic heterocycles. The number of benzene rings is 1. The van der Waals surface area contributed by atoms with E-state index in [1.54, 1.807) is 24.3 Å². The Morgan fingerprint density at radius 3 is 2.75 bits per heavy atom. The molecule has 0 atom stereocenters. The van der Waals surface area contributed by atoms with Crippen molar-refractivity contribution >= 4 is 22.9 Å². The van der Waals surface area contributed by atoms with Crippen LogP contribution in [-0.2, 0) is 0 Å². The lowest BCUT2D eigenvalue weighted by atomic mass is 10.3. The number of hydrogen-bond donors (Lipinski definition) is 2. The van der Waals surface area contributed by atoms with E-state index in [9.17, 15) is 9.90 Å². The molecule has 0 radical (unpaired) electrons. The minimum absolute atomic E-state index is 0.139. The van der Waals surface area contributed by atoms with Gasteiger partial charge in [0.05, 0.1) is 4.88 Å². The first-order chi connectivity index (χ1) is 7.65. The molecule has 0 aliphatic carbocycles. The smallest absolute Gasteiger partial charge is 0.265 e. The monoisotopic (exact) mass is 233 g/mol. The Morgan fingerprint density at radius 2 is 2.12 bits per heavy atom. The molecule has 2 aromatic rings. The number of aromatic hydroxyl groups is 1. The molecule has 0 bridgehead atoms. The summed E-state index contributed by atoms with van der Waals surface area (Å²) < 4.78 is 0. The molecule has 0 saturated heterocycles. The van der Waals surface area contributed by atoms with Crippen LogP contribution in [0.15, 0.2) is 36.4 Å². The first-order valence-electron chi connectivity index (χ1n) is 4.82. The molecular weight excluding hydrogens is 222 g/mol. The van der Waals surface area contributed by atoms with Crippen LogP contribution < -0.4 is 5.32 Å². The van der Waals surface area contributed by atoms with Crippen molar-refractivity contribution in [2.75, 3.05) is 5.32 Å². The average Bonchev–Trinajstić information content (AvgIpc) is 2.65. The molecule has 1 amide bonds. The summed E-state index contributed by atoms with van der Waals surface area (Å²) in [6.45, 7) is 1.95. The van der Waals surface area contributed by atoms with E-state index < -0.39 is 0 Å². The van der Waals surface area contributed by atoms with Gasteiger partial charge in [0, 0.05) is 16.6 Å². The number of carbonyl (C=O) groups excluding carboxylic acids is 1. The third-order valence-corrected chi connectivity index (χ3v) is 3.07. The number of hydrogen-bond acceptors (Lipinski definition) is 3. The number of aryl methyl sites for hydroxylation is 1. The van der Waals surface area contributed by atoms with E-state index in [4.69, 9.17) is 0 Å². The maximum atomic E-state index is 11.8. The number of rotatable bonds is 2. The number of carbonyl (C=O) groups is 1. The molecular formula is C12H11NO2S. The number of amides is 1. The minimum Gasteiger partial charge on any atom is -0.508 e. The minimum atomic E-state index is -0.149. The van der Waals surface area contributed by atoms with Crippen molar-refractivity contribution in [3.63, 3.8) is 0 Å². The number of anilines is 1. The van der Waals surface area contributed by atoms with E-state index in [-0.39, 0.29) is 11.7 Å². The number of thiophene rings is 1. The summed E-state index contributed by atoms with van der Waals surface area (Å²) in [6.07, 6.45) is 0.